The molecule has 1 atom stereocenters. The SMILES string of the molecule is CN(CC1CCc2nccn2C1)c1ncc(C#N)cc1Cl. The maximum atomic E-state index is 8.85. The normalized spacial score (nSPS) is 17.1. The van der Waals surface area contributed by atoms with Gasteiger partial charge in [-0.05, 0) is 18.4 Å². The molecule has 2 aromatic heterocycles. The van der Waals surface area contributed by atoms with E-state index in [0.717, 1.165) is 31.7 Å². The second-order valence-corrected chi connectivity index (χ2v) is 5.83. The number of nitrogens with zero attached hydrogens (tertiary/aromatic N) is 5. The molecule has 0 saturated heterocycles. The number of rotatable bonds is 3. The van der Waals surface area contributed by atoms with E-state index in [2.05, 4.69) is 19.4 Å². The van der Waals surface area contributed by atoms with Crippen LogP contribution in [-0.4, -0.2) is 28.1 Å². The lowest BCUT2D eigenvalue weighted by Crippen LogP contribution is -2.32. The molecule has 21 heavy (non-hydrogen) atoms. The first-order valence-corrected chi connectivity index (χ1v) is 7.32. The molecular formula is C15H16ClN5. The summed E-state index contributed by atoms with van der Waals surface area (Å²) in [5, 5.41) is 9.38. The molecule has 0 N–H and O–H groups in total. The third kappa shape index (κ3) is 2.86. The van der Waals surface area contributed by atoms with E-state index in [-0.39, 0.29) is 0 Å². The summed E-state index contributed by atoms with van der Waals surface area (Å²) in [6.45, 7) is 1.86. The van der Waals surface area contributed by atoms with Crippen LogP contribution in [0.15, 0.2) is 24.7 Å². The molecule has 0 radical (unpaired) electrons. The van der Waals surface area contributed by atoms with Gasteiger partial charge in [-0.3, -0.25) is 0 Å². The summed E-state index contributed by atoms with van der Waals surface area (Å²) >= 11 is 6.21. The number of hydrogen-bond acceptors (Lipinski definition) is 4. The zero-order chi connectivity index (χ0) is 14.8. The zero-order valence-electron chi connectivity index (χ0n) is 11.8. The number of hydrogen-bond donors (Lipinski definition) is 0. The van der Waals surface area contributed by atoms with Crippen molar-refractivity contribution in [2.75, 3.05) is 18.5 Å². The third-order valence-corrected chi connectivity index (χ3v) is 4.16. The lowest BCUT2D eigenvalue weighted by atomic mass is 9.99. The number of imidazole rings is 1. The predicted octanol–water partition coefficient (Wildman–Crippen LogP) is 2.50. The molecule has 0 amide bonds. The molecule has 3 rings (SSSR count). The Hall–Kier alpha value is -2.06. The van der Waals surface area contributed by atoms with Gasteiger partial charge in [0.25, 0.3) is 0 Å². The Kier molecular flexibility index (Phi) is 3.80. The van der Waals surface area contributed by atoms with Crippen molar-refractivity contribution >= 4 is 17.4 Å². The molecule has 6 heteroatoms. The molecule has 1 aliphatic heterocycles. The fraction of sp³-hybridized carbons (Fsp3) is 0.400. The largest absolute Gasteiger partial charge is 0.358 e. The summed E-state index contributed by atoms with van der Waals surface area (Å²) in [7, 11) is 1.99. The Morgan fingerprint density at radius 3 is 3.14 bits per heavy atom. The first-order chi connectivity index (χ1) is 10.2. The van der Waals surface area contributed by atoms with Gasteiger partial charge in [-0.25, -0.2) is 9.97 Å². The fourth-order valence-electron chi connectivity index (χ4n) is 2.83. The van der Waals surface area contributed by atoms with Gasteiger partial charge in [0, 0.05) is 45.1 Å². The molecule has 1 unspecified atom stereocenters. The van der Waals surface area contributed by atoms with E-state index in [4.69, 9.17) is 16.9 Å². The van der Waals surface area contributed by atoms with Crippen LogP contribution in [0.5, 0.6) is 0 Å². The van der Waals surface area contributed by atoms with Gasteiger partial charge < -0.3 is 9.47 Å². The number of aromatic nitrogens is 3. The summed E-state index contributed by atoms with van der Waals surface area (Å²) in [5.41, 5.74) is 0.484. The van der Waals surface area contributed by atoms with E-state index in [1.807, 2.05) is 25.5 Å². The molecule has 1 aliphatic rings. The van der Waals surface area contributed by atoms with Crippen LogP contribution in [0.3, 0.4) is 0 Å². The molecule has 0 spiro atoms. The second kappa shape index (κ2) is 5.74. The predicted molar refractivity (Wildman–Crippen MR) is 81.3 cm³/mol. The Labute approximate surface area is 128 Å². The van der Waals surface area contributed by atoms with Gasteiger partial charge in [-0.1, -0.05) is 11.6 Å². The van der Waals surface area contributed by atoms with Crippen molar-refractivity contribution in [2.45, 2.75) is 19.4 Å². The standard InChI is InChI=1S/C15H16ClN5/c1-20(15-13(16)6-12(7-17)8-19-15)9-11-2-3-14-18-4-5-21(14)10-11/h4-6,8,11H,2-3,9-10H2,1H3. The highest BCUT2D eigenvalue weighted by molar-refractivity contribution is 6.33. The quantitative estimate of drug-likeness (QED) is 0.874. The maximum absolute atomic E-state index is 8.85. The van der Waals surface area contributed by atoms with E-state index in [1.165, 1.54) is 5.82 Å². The molecule has 0 aromatic carbocycles. The highest BCUT2D eigenvalue weighted by atomic mass is 35.5. The summed E-state index contributed by atoms with van der Waals surface area (Å²) in [5.74, 6) is 2.45. The number of pyridine rings is 1. The fourth-order valence-corrected chi connectivity index (χ4v) is 3.14. The summed E-state index contributed by atoms with van der Waals surface area (Å²) in [6, 6.07) is 3.71. The summed E-state index contributed by atoms with van der Waals surface area (Å²) in [4.78, 5) is 10.7. The van der Waals surface area contributed by atoms with Crippen LogP contribution in [0.25, 0.3) is 0 Å². The van der Waals surface area contributed by atoms with Crippen molar-refractivity contribution in [1.29, 1.82) is 5.26 Å². The summed E-state index contributed by atoms with van der Waals surface area (Å²) < 4.78 is 2.22. The molecule has 0 fully saturated rings. The van der Waals surface area contributed by atoms with Gasteiger partial charge in [0.05, 0.1) is 10.6 Å². The maximum Gasteiger partial charge on any atom is 0.147 e. The monoisotopic (exact) mass is 301 g/mol. The number of fused-ring (bicyclic) bond motifs is 1. The van der Waals surface area contributed by atoms with Crippen molar-refractivity contribution in [2.24, 2.45) is 5.92 Å². The van der Waals surface area contributed by atoms with E-state index < -0.39 is 0 Å². The summed E-state index contributed by atoms with van der Waals surface area (Å²) in [6.07, 6.45) is 7.59. The molecule has 3 heterocycles. The topological polar surface area (TPSA) is 57.7 Å². The third-order valence-electron chi connectivity index (χ3n) is 3.88. The van der Waals surface area contributed by atoms with Gasteiger partial charge in [0.15, 0.2) is 0 Å². The molecule has 5 nitrogen and oxygen atoms in total. The minimum Gasteiger partial charge on any atom is -0.358 e. The molecule has 0 aliphatic carbocycles. The van der Waals surface area contributed by atoms with Crippen LogP contribution >= 0.6 is 11.6 Å². The first kappa shape index (κ1) is 13.9. The Bertz CT molecular complexity index is 688. The highest BCUT2D eigenvalue weighted by Crippen LogP contribution is 2.26. The molecule has 108 valence electrons. The van der Waals surface area contributed by atoms with E-state index in [0.29, 0.717) is 16.5 Å². The number of aryl methyl sites for hydroxylation is 1. The second-order valence-electron chi connectivity index (χ2n) is 5.42. The zero-order valence-corrected chi connectivity index (χ0v) is 12.6. The van der Waals surface area contributed by atoms with Crippen LogP contribution in [0.2, 0.25) is 5.02 Å². The molecule has 0 saturated carbocycles. The van der Waals surface area contributed by atoms with Crippen molar-refractivity contribution < 1.29 is 0 Å². The van der Waals surface area contributed by atoms with Crippen LogP contribution < -0.4 is 4.90 Å². The van der Waals surface area contributed by atoms with Crippen molar-refractivity contribution in [1.82, 2.24) is 14.5 Å². The van der Waals surface area contributed by atoms with E-state index >= 15 is 0 Å². The van der Waals surface area contributed by atoms with Crippen molar-refractivity contribution in [3.05, 3.63) is 41.1 Å². The van der Waals surface area contributed by atoms with Gasteiger partial charge >= 0.3 is 0 Å². The lowest BCUT2D eigenvalue weighted by molar-refractivity contribution is 0.368. The van der Waals surface area contributed by atoms with Crippen LogP contribution in [0.4, 0.5) is 5.82 Å². The minimum atomic E-state index is 0.484. The number of halogens is 1. The Morgan fingerprint density at radius 1 is 1.52 bits per heavy atom. The molecule has 0 bridgehead atoms. The van der Waals surface area contributed by atoms with Gasteiger partial charge in [-0.15, -0.1) is 0 Å². The average molecular weight is 302 g/mol. The van der Waals surface area contributed by atoms with E-state index in [9.17, 15) is 0 Å². The average Bonchev–Trinajstić information content (AvgIpc) is 2.94. The van der Waals surface area contributed by atoms with Crippen molar-refractivity contribution in [3.8, 4) is 6.07 Å². The molecular weight excluding hydrogens is 286 g/mol. The van der Waals surface area contributed by atoms with Crippen LogP contribution in [0, 0.1) is 17.2 Å². The number of anilines is 1. The minimum absolute atomic E-state index is 0.484. The molecule has 2 aromatic rings. The smallest absolute Gasteiger partial charge is 0.147 e. The van der Waals surface area contributed by atoms with E-state index in [1.54, 1.807) is 12.3 Å². The lowest BCUT2D eigenvalue weighted by Gasteiger charge is -2.29. The van der Waals surface area contributed by atoms with Crippen molar-refractivity contribution in [3.63, 3.8) is 0 Å². The first-order valence-electron chi connectivity index (χ1n) is 6.94. The van der Waals surface area contributed by atoms with Crippen LogP contribution in [-0.2, 0) is 13.0 Å². The Balaban J connectivity index is 1.70. The van der Waals surface area contributed by atoms with Gasteiger partial charge in [0.2, 0.25) is 0 Å². The highest BCUT2D eigenvalue weighted by Gasteiger charge is 2.21. The van der Waals surface area contributed by atoms with Gasteiger partial charge in [0.1, 0.15) is 17.7 Å². The van der Waals surface area contributed by atoms with Gasteiger partial charge in [-0.2, -0.15) is 5.26 Å². The Morgan fingerprint density at radius 2 is 2.38 bits per heavy atom. The number of nitriles is 1. The van der Waals surface area contributed by atoms with Crippen LogP contribution in [0.1, 0.15) is 17.8 Å².